The summed E-state index contributed by atoms with van der Waals surface area (Å²) in [7, 11) is -3.71. The van der Waals surface area contributed by atoms with Crippen molar-refractivity contribution in [2.24, 2.45) is 0 Å². The average Bonchev–Trinajstić information content (AvgIpc) is 2.82. The van der Waals surface area contributed by atoms with Gasteiger partial charge in [-0.1, -0.05) is 62.4 Å². The van der Waals surface area contributed by atoms with Gasteiger partial charge >= 0.3 is 5.97 Å². The van der Waals surface area contributed by atoms with Crippen LogP contribution in [0.25, 0.3) is 10.8 Å². The normalized spacial score (nSPS) is 12.5. The molecule has 1 atom stereocenters. The second kappa shape index (κ2) is 10.6. The Hall–Kier alpha value is -3.23. The quantitative estimate of drug-likeness (QED) is 0.481. The highest BCUT2D eigenvalue weighted by Gasteiger charge is 2.23. The minimum atomic E-state index is -3.71. The Labute approximate surface area is 194 Å². The number of esters is 1. The summed E-state index contributed by atoms with van der Waals surface area (Å²) in [5.74, 6) is -1.21. The topological polar surface area (TPSA) is 92.8 Å². The summed E-state index contributed by atoms with van der Waals surface area (Å²) < 4.78 is 31.8. The van der Waals surface area contributed by atoms with Crippen molar-refractivity contribution in [1.82, 2.24) is 9.62 Å². The van der Waals surface area contributed by atoms with Gasteiger partial charge < -0.3 is 10.1 Å². The minimum Gasteiger partial charge on any atom is -0.452 e. The number of amides is 1. The molecule has 0 saturated carbocycles. The van der Waals surface area contributed by atoms with Crippen LogP contribution < -0.4 is 5.32 Å². The fourth-order valence-electron chi connectivity index (χ4n) is 3.70. The predicted molar refractivity (Wildman–Crippen MR) is 127 cm³/mol. The van der Waals surface area contributed by atoms with Gasteiger partial charge in [0.25, 0.3) is 5.91 Å². The molecule has 0 bridgehead atoms. The van der Waals surface area contributed by atoms with Crippen molar-refractivity contribution in [1.29, 1.82) is 0 Å². The molecule has 174 valence electrons. The van der Waals surface area contributed by atoms with Crippen molar-refractivity contribution >= 4 is 32.7 Å². The second-order valence-corrected chi connectivity index (χ2v) is 9.49. The molecule has 7 nitrogen and oxygen atoms in total. The first-order chi connectivity index (χ1) is 15.8. The molecule has 0 aromatic heterocycles. The fourth-order valence-corrected chi connectivity index (χ4v) is 5.20. The van der Waals surface area contributed by atoms with Gasteiger partial charge in [0.05, 0.1) is 16.5 Å². The van der Waals surface area contributed by atoms with Crippen LogP contribution in [0, 0.1) is 0 Å². The predicted octanol–water partition coefficient (Wildman–Crippen LogP) is 3.90. The zero-order valence-corrected chi connectivity index (χ0v) is 19.8. The number of rotatable bonds is 9. The van der Waals surface area contributed by atoms with Gasteiger partial charge in [-0.05, 0) is 41.5 Å². The SMILES string of the molecule is CCN(CC)S(=O)(=O)c1cccc(C(=O)OCC(=O)NC(C)c2cccc3ccccc23)c1. The molecule has 3 aromatic carbocycles. The molecule has 0 heterocycles. The molecule has 1 unspecified atom stereocenters. The van der Waals surface area contributed by atoms with E-state index in [4.69, 9.17) is 4.74 Å². The molecular weight excluding hydrogens is 440 g/mol. The maximum absolute atomic E-state index is 12.7. The number of hydrogen-bond acceptors (Lipinski definition) is 5. The zero-order valence-electron chi connectivity index (χ0n) is 18.9. The molecule has 33 heavy (non-hydrogen) atoms. The van der Waals surface area contributed by atoms with Gasteiger partial charge in [-0.15, -0.1) is 0 Å². The van der Waals surface area contributed by atoms with E-state index >= 15 is 0 Å². The summed E-state index contributed by atoms with van der Waals surface area (Å²) in [5, 5.41) is 4.95. The number of hydrogen-bond donors (Lipinski definition) is 1. The van der Waals surface area contributed by atoms with Crippen LogP contribution in [-0.2, 0) is 19.6 Å². The van der Waals surface area contributed by atoms with Gasteiger partial charge in [0.2, 0.25) is 10.0 Å². The first-order valence-corrected chi connectivity index (χ1v) is 12.3. The van der Waals surface area contributed by atoms with Gasteiger partial charge in [0.1, 0.15) is 0 Å². The molecule has 1 amide bonds. The number of nitrogens with one attached hydrogen (secondary N) is 1. The number of carbonyl (C=O) groups excluding carboxylic acids is 2. The lowest BCUT2D eigenvalue weighted by atomic mass is 10.00. The van der Waals surface area contributed by atoms with Crippen molar-refractivity contribution in [3.05, 3.63) is 77.9 Å². The Balaban J connectivity index is 1.64. The van der Waals surface area contributed by atoms with Crippen molar-refractivity contribution < 1.29 is 22.7 Å². The molecular formula is C25H28N2O5S. The first-order valence-electron chi connectivity index (χ1n) is 10.8. The second-order valence-electron chi connectivity index (χ2n) is 7.55. The van der Waals surface area contributed by atoms with Crippen molar-refractivity contribution in [2.45, 2.75) is 31.7 Å². The summed E-state index contributed by atoms with van der Waals surface area (Å²) in [6.07, 6.45) is 0. The maximum Gasteiger partial charge on any atom is 0.338 e. The molecule has 8 heteroatoms. The largest absolute Gasteiger partial charge is 0.452 e. The molecule has 0 aliphatic carbocycles. The highest BCUT2D eigenvalue weighted by Crippen LogP contribution is 2.24. The van der Waals surface area contributed by atoms with E-state index in [2.05, 4.69) is 5.32 Å². The molecule has 3 aromatic rings. The lowest BCUT2D eigenvalue weighted by molar-refractivity contribution is -0.124. The third-order valence-electron chi connectivity index (χ3n) is 5.41. The summed E-state index contributed by atoms with van der Waals surface area (Å²) in [4.78, 5) is 24.9. The van der Waals surface area contributed by atoms with Gasteiger partial charge in [-0.25, -0.2) is 13.2 Å². The van der Waals surface area contributed by atoms with Crippen LogP contribution in [-0.4, -0.2) is 44.3 Å². The Bertz CT molecular complexity index is 1250. The first kappa shape index (κ1) is 24.4. The molecule has 0 aliphatic rings. The van der Waals surface area contributed by atoms with E-state index in [1.807, 2.05) is 49.4 Å². The van der Waals surface area contributed by atoms with Crippen molar-refractivity contribution in [3.8, 4) is 0 Å². The van der Waals surface area contributed by atoms with Crippen LogP contribution in [0.2, 0.25) is 0 Å². The fraction of sp³-hybridized carbons (Fsp3) is 0.280. The third-order valence-corrected chi connectivity index (χ3v) is 7.46. The van der Waals surface area contributed by atoms with E-state index in [0.717, 1.165) is 16.3 Å². The van der Waals surface area contributed by atoms with Gasteiger partial charge in [0.15, 0.2) is 6.61 Å². The van der Waals surface area contributed by atoms with Crippen molar-refractivity contribution in [2.75, 3.05) is 19.7 Å². The minimum absolute atomic E-state index is 0.00896. The summed E-state index contributed by atoms with van der Waals surface area (Å²) in [6, 6.07) is 19.1. The molecule has 3 rings (SSSR count). The van der Waals surface area contributed by atoms with Crippen LogP contribution in [0.4, 0.5) is 0 Å². The monoisotopic (exact) mass is 468 g/mol. The van der Waals surface area contributed by atoms with Gasteiger partial charge in [-0.2, -0.15) is 4.31 Å². The summed E-state index contributed by atoms with van der Waals surface area (Å²) in [5.41, 5.74) is 1.03. The lowest BCUT2D eigenvalue weighted by Gasteiger charge is -2.18. The molecule has 0 aliphatic heterocycles. The van der Waals surface area contributed by atoms with Gasteiger partial charge in [-0.3, -0.25) is 4.79 Å². The number of sulfonamides is 1. The van der Waals surface area contributed by atoms with E-state index < -0.39 is 28.5 Å². The highest BCUT2D eigenvalue weighted by atomic mass is 32.2. The van der Waals surface area contributed by atoms with Gasteiger partial charge in [0, 0.05) is 13.1 Å². The third kappa shape index (κ3) is 5.58. The van der Waals surface area contributed by atoms with E-state index in [9.17, 15) is 18.0 Å². The molecule has 0 spiro atoms. The van der Waals surface area contributed by atoms with Crippen molar-refractivity contribution in [3.63, 3.8) is 0 Å². The van der Waals surface area contributed by atoms with E-state index in [1.54, 1.807) is 13.8 Å². The number of nitrogens with zero attached hydrogens (tertiary/aromatic N) is 1. The Morgan fingerprint density at radius 2 is 1.64 bits per heavy atom. The molecule has 0 radical (unpaired) electrons. The Morgan fingerprint density at radius 3 is 2.36 bits per heavy atom. The maximum atomic E-state index is 12.7. The van der Waals surface area contributed by atoms with Crippen LogP contribution in [0.1, 0.15) is 42.7 Å². The standard InChI is InChI=1S/C25H28N2O5S/c1-4-27(5-2)33(30,31)21-13-8-12-20(16-21)25(29)32-17-24(28)26-18(3)22-15-9-11-19-10-6-7-14-23(19)22/h6-16,18H,4-5,17H2,1-3H3,(H,26,28). The zero-order chi connectivity index (χ0) is 24.0. The van der Waals surface area contributed by atoms with Crippen LogP contribution >= 0.6 is 0 Å². The highest BCUT2D eigenvalue weighted by molar-refractivity contribution is 7.89. The van der Waals surface area contributed by atoms with Crippen LogP contribution in [0.15, 0.2) is 71.6 Å². The molecule has 0 saturated heterocycles. The van der Waals surface area contributed by atoms with E-state index in [-0.39, 0.29) is 16.5 Å². The molecule has 1 N–H and O–H groups in total. The summed E-state index contributed by atoms with van der Waals surface area (Å²) in [6.45, 7) is 5.53. The van der Waals surface area contributed by atoms with Crippen LogP contribution in [0.3, 0.4) is 0 Å². The Kier molecular flexibility index (Phi) is 7.84. The lowest BCUT2D eigenvalue weighted by Crippen LogP contribution is -2.31. The summed E-state index contributed by atoms with van der Waals surface area (Å²) >= 11 is 0. The number of fused-ring (bicyclic) bond motifs is 1. The number of benzene rings is 3. The Morgan fingerprint density at radius 1 is 0.970 bits per heavy atom. The van der Waals surface area contributed by atoms with E-state index in [0.29, 0.717) is 13.1 Å². The van der Waals surface area contributed by atoms with E-state index in [1.165, 1.54) is 28.6 Å². The van der Waals surface area contributed by atoms with Crippen LogP contribution in [0.5, 0.6) is 0 Å². The number of ether oxygens (including phenoxy) is 1. The average molecular weight is 469 g/mol. The smallest absolute Gasteiger partial charge is 0.338 e. The number of carbonyl (C=O) groups is 2. The molecule has 0 fully saturated rings.